The second-order valence-corrected chi connectivity index (χ2v) is 5.23. The third-order valence-electron chi connectivity index (χ3n) is 2.96. The van der Waals surface area contributed by atoms with E-state index in [1.165, 1.54) is 0 Å². The van der Waals surface area contributed by atoms with E-state index < -0.39 is 0 Å². The fourth-order valence-corrected chi connectivity index (χ4v) is 2.39. The summed E-state index contributed by atoms with van der Waals surface area (Å²) in [6, 6.07) is 5.21. The largest absolute Gasteiger partial charge is 0.334 e. The zero-order valence-electron chi connectivity index (χ0n) is 9.83. The molecular weight excluding hydrogens is 273 g/mol. The van der Waals surface area contributed by atoms with Crippen molar-refractivity contribution in [2.45, 2.75) is 19.0 Å². The van der Waals surface area contributed by atoms with E-state index in [1.54, 1.807) is 23.1 Å². The van der Waals surface area contributed by atoms with Crippen LogP contribution in [0.3, 0.4) is 0 Å². The van der Waals surface area contributed by atoms with Crippen LogP contribution in [0.2, 0.25) is 10.0 Å². The van der Waals surface area contributed by atoms with Crippen LogP contribution in [0.1, 0.15) is 12.0 Å². The lowest BCUT2D eigenvalue weighted by Gasteiger charge is -2.17. The van der Waals surface area contributed by atoms with Gasteiger partial charge in [0.2, 0.25) is 0 Å². The molecule has 1 saturated heterocycles. The van der Waals surface area contributed by atoms with Crippen molar-refractivity contribution >= 4 is 29.2 Å². The lowest BCUT2D eigenvalue weighted by atomic mass is 10.2. The highest BCUT2D eigenvalue weighted by molar-refractivity contribution is 6.35. The van der Waals surface area contributed by atoms with Crippen LogP contribution in [0.25, 0.3) is 0 Å². The van der Waals surface area contributed by atoms with Gasteiger partial charge >= 0.3 is 6.03 Å². The Bertz CT molecular complexity index is 453. The molecule has 1 aliphatic rings. The molecule has 1 aliphatic heterocycles. The minimum atomic E-state index is -0.103. The zero-order valence-corrected chi connectivity index (χ0v) is 11.3. The van der Waals surface area contributed by atoms with Gasteiger partial charge in [-0.25, -0.2) is 4.79 Å². The van der Waals surface area contributed by atoms with E-state index in [9.17, 15) is 4.79 Å². The van der Waals surface area contributed by atoms with E-state index in [2.05, 4.69) is 5.32 Å². The van der Waals surface area contributed by atoms with Gasteiger partial charge in [-0.3, -0.25) is 0 Å². The van der Waals surface area contributed by atoms with Crippen molar-refractivity contribution < 1.29 is 4.79 Å². The van der Waals surface area contributed by atoms with Crippen LogP contribution in [0.15, 0.2) is 18.2 Å². The Hall–Kier alpha value is -0.970. The molecule has 18 heavy (non-hydrogen) atoms. The second kappa shape index (κ2) is 5.78. The fraction of sp³-hybridized carbons (Fsp3) is 0.417. The molecule has 0 saturated carbocycles. The fourth-order valence-electron chi connectivity index (χ4n) is 1.92. The molecule has 3 N–H and O–H groups in total. The highest BCUT2D eigenvalue weighted by Crippen LogP contribution is 2.20. The predicted octanol–water partition coefficient (Wildman–Crippen LogP) is 2.24. The molecule has 2 rings (SSSR count). The molecular formula is C12H15Cl2N3O. The van der Waals surface area contributed by atoms with E-state index in [4.69, 9.17) is 28.9 Å². The number of likely N-dealkylation sites (tertiary alicyclic amines) is 1. The highest BCUT2D eigenvalue weighted by atomic mass is 35.5. The number of nitrogens with one attached hydrogen (secondary N) is 1. The number of hydrogen-bond acceptors (Lipinski definition) is 2. The van der Waals surface area contributed by atoms with E-state index in [0.29, 0.717) is 29.7 Å². The Kier molecular flexibility index (Phi) is 4.32. The summed E-state index contributed by atoms with van der Waals surface area (Å²) >= 11 is 11.8. The molecule has 1 aromatic rings. The summed E-state index contributed by atoms with van der Waals surface area (Å²) in [5.74, 6) is 0. The Morgan fingerprint density at radius 1 is 1.50 bits per heavy atom. The van der Waals surface area contributed by atoms with Gasteiger partial charge in [0.05, 0.1) is 0 Å². The van der Waals surface area contributed by atoms with Crippen molar-refractivity contribution in [2.24, 2.45) is 5.73 Å². The number of nitrogens with two attached hydrogens (primary N) is 1. The van der Waals surface area contributed by atoms with Crippen molar-refractivity contribution in [3.63, 3.8) is 0 Å². The van der Waals surface area contributed by atoms with Gasteiger partial charge in [0.1, 0.15) is 0 Å². The molecule has 0 aliphatic carbocycles. The number of carbonyl (C=O) groups excluding carboxylic acids is 1. The van der Waals surface area contributed by atoms with Crippen LogP contribution in [-0.2, 0) is 6.54 Å². The summed E-state index contributed by atoms with van der Waals surface area (Å²) in [6.07, 6.45) is 0.856. The lowest BCUT2D eigenvalue weighted by Crippen LogP contribution is -2.39. The predicted molar refractivity (Wildman–Crippen MR) is 72.9 cm³/mol. The van der Waals surface area contributed by atoms with Crippen LogP contribution in [-0.4, -0.2) is 30.1 Å². The Morgan fingerprint density at radius 2 is 2.28 bits per heavy atom. The molecule has 1 fully saturated rings. The van der Waals surface area contributed by atoms with Crippen molar-refractivity contribution in [2.75, 3.05) is 13.1 Å². The average Bonchev–Trinajstić information content (AvgIpc) is 2.74. The minimum Gasteiger partial charge on any atom is -0.334 e. The standard InChI is InChI=1S/C12H15Cl2N3O/c13-9-2-1-8(11(14)5-9)6-16-12(18)17-4-3-10(15)7-17/h1-2,5,10H,3-4,6-7,15H2,(H,16,18). The normalized spacial score (nSPS) is 19.1. The Morgan fingerprint density at radius 3 is 2.89 bits per heavy atom. The summed E-state index contributed by atoms with van der Waals surface area (Å²) < 4.78 is 0. The number of halogens is 2. The van der Waals surface area contributed by atoms with Gasteiger partial charge in [-0.05, 0) is 24.1 Å². The van der Waals surface area contributed by atoms with Gasteiger partial charge in [0, 0.05) is 35.7 Å². The number of carbonyl (C=O) groups is 1. The minimum absolute atomic E-state index is 0.0925. The topological polar surface area (TPSA) is 58.4 Å². The smallest absolute Gasteiger partial charge is 0.317 e. The number of rotatable bonds is 2. The molecule has 1 heterocycles. The van der Waals surface area contributed by atoms with E-state index in [1.807, 2.05) is 0 Å². The van der Waals surface area contributed by atoms with Gasteiger partial charge in [0.25, 0.3) is 0 Å². The molecule has 0 bridgehead atoms. The molecule has 1 atom stereocenters. The van der Waals surface area contributed by atoms with E-state index in [0.717, 1.165) is 12.0 Å². The molecule has 0 spiro atoms. The third kappa shape index (κ3) is 3.28. The van der Waals surface area contributed by atoms with Gasteiger partial charge in [-0.2, -0.15) is 0 Å². The summed E-state index contributed by atoms with van der Waals surface area (Å²) in [6.45, 7) is 1.71. The number of nitrogens with zero attached hydrogens (tertiary/aromatic N) is 1. The molecule has 0 aromatic heterocycles. The highest BCUT2D eigenvalue weighted by Gasteiger charge is 2.23. The summed E-state index contributed by atoms with van der Waals surface area (Å²) in [5, 5.41) is 3.97. The van der Waals surface area contributed by atoms with Crippen LogP contribution in [0.5, 0.6) is 0 Å². The van der Waals surface area contributed by atoms with Gasteiger partial charge in [-0.1, -0.05) is 29.3 Å². The van der Waals surface area contributed by atoms with E-state index in [-0.39, 0.29) is 12.1 Å². The quantitative estimate of drug-likeness (QED) is 0.876. The monoisotopic (exact) mass is 287 g/mol. The first-order valence-corrected chi connectivity index (χ1v) is 6.54. The van der Waals surface area contributed by atoms with Crippen LogP contribution in [0, 0.1) is 0 Å². The molecule has 1 unspecified atom stereocenters. The molecule has 6 heteroatoms. The zero-order chi connectivity index (χ0) is 13.1. The average molecular weight is 288 g/mol. The first-order valence-electron chi connectivity index (χ1n) is 5.78. The second-order valence-electron chi connectivity index (χ2n) is 4.39. The molecule has 2 amide bonds. The first-order chi connectivity index (χ1) is 8.56. The van der Waals surface area contributed by atoms with Gasteiger partial charge in [0.15, 0.2) is 0 Å². The van der Waals surface area contributed by atoms with Crippen LogP contribution < -0.4 is 11.1 Å². The van der Waals surface area contributed by atoms with E-state index >= 15 is 0 Å². The van der Waals surface area contributed by atoms with Crippen molar-refractivity contribution in [1.82, 2.24) is 10.2 Å². The number of amides is 2. The molecule has 0 radical (unpaired) electrons. The lowest BCUT2D eigenvalue weighted by molar-refractivity contribution is 0.208. The maximum absolute atomic E-state index is 11.8. The number of hydrogen-bond donors (Lipinski definition) is 2. The van der Waals surface area contributed by atoms with Gasteiger partial charge < -0.3 is 16.0 Å². The summed E-state index contributed by atoms with van der Waals surface area (Å²) in [7, 11) is 0. The van der Waals surface area contributed by atoms with Crippen molar-refractivity contribution in [1.29, 1.82) is 0 Å². The van der Waals surface area contributed by atoms with Gasteiger partial charge in [-0.15, -0.1) is 0 Å². The van der Waals surface area contributed by atoms with Crippen molar-refractivity contribution in [3.8, 4) is 0 Å². The first kappa shape index (κ1) is 13.5. The third-order valence-corrected chi connectivity index (χ3v) is 3.54. The number of benzene rings is 1. The van der Waals surface area contributed by atoms with Crippen molar-refractivity contribution in [3.05, 3.63) is 33.8 Å². The maximum Gasteiger partial charge on any atom is 0.317 e. The molecule has 1 aromatic carbocycles. The molecule has 4 nitrogen and oxygen atoms in total. The number of urea groups is 1. The molecule has 98 valence electrons. The summed E-state index contributed by atoms with van der Waals surface area (Å²) in [5.41, 5.74) is 6.60. The SMILES string of the molecule is NC1CCN(C(=O)NCc2ccc(Cl)cc2Cl)C1. The van der Waals surface area contributed by atoms with Crippen LogP contribution in [0.4, 0.5) is 4.79 Å². The Balaban J connectivity index is 1.89. The Labute approximate surface area is 116 Å². The maximum atomic E-state index is 11.8. The van der Waals surface area contributed by atoms with Crippen LogP contribution >= 0.6 is 23.2 Å². The summed E-state index contributed by atoms with van der Waals surface area (Å²) in [4.78, 5) is 13.5.